The van der Waals surface area contributed by atoms with E-state index in [0.717, 1.165) is 26.3 Å². The van der Waals surface area contributed by atoms with Crippen molar-refractivity contribution < 1.29 is 9.84 Å². The molecule has 0 bridgehead atoms. The van der Waals surface area contributed by atoms with E-state index in [1.165, 1.54) is 19.3 Å². The summed E-state index contributed by atoms with van der Waals surface area (Å²) in [5, 5.41) is 8.88. The van der Waals surface area contributed by atoms with Crippen molar-refractivity contribution in [3.63, 3.8) is 0 Å². The molecule has 1 saturated heterocycles. The maximum atomic E-state index is 8.88. The topological polar surface area (TPSA) is 32.7 Å². The summed E-state index contributed by atoms with van der Waals surface area (Å²) >= 11 is 0. The predicted octanol–water partition coefficient (Wildman–Crippen LogP) is 0.870. The molecule has 1 N–H and O–H groups in total. The Hall–Kier alpha value is -0.120. The van der Waals surface area contributed by atoms with Gasteiger partial charge in [0.1, 0.15) is 0 Å². The second-order valence-corrected chi connectivity index (χ2v) is 3.57. The van der Waals surface area contributed by atoms with Crippen LogP contribution in [-0.4, -0.2) is 49.0 Å². The van der Waals surface area contributed by atoms with Crippen LogP contribution in [0.15, 0.2) is 0 Å². The van der Waals surface area contributed by atoms with Crippen molar-refractivity contribution in [1.82, 2.24) is 4.90 Å². The van der Waals surface area contributed by atoms with Gasteiger partial charge in [-0.1, -0.05) is 6.42 Å². The van der Waals surface area contributed by atoms with Crippen molar-refractivity contribution in [2.45, 2.75) is 32.2 Å². The standard InChI is InChI=1S/C10H21NO2/c1-2-13-9-10-5-3-4-6-11(10)7-8-12/h10,12H,2-9H2,1H3. The first-order chi connectivity index (χ1) is 6.38. The number of nitrogens with zero attached hydrogens (tertiary/aromatic N) is 1. The third kappa shape index (κ3) is 3.63. The molecule has 1 atom stereocenters. The van der Waals surface area contributed by atoms with Gasteiger partial charge in [0.15, 0.2) is 0 Å². The summed E-state index contributed by atoms with van der Waals surface area (Å²) < 4.78 is 5.43. The van der Waals surface area contributed by atoms with E-state index in [9.17, 15) is 0 Å². The monoisotopic (exact) mass is 187 g/mol. The molecule has 3 heteroatoms. The molecule has 0 radical (unpaired) electrons. The van der Waals surface area contributed by atoms with Gasteiger partial charge in [-0.25, -0.2) is 0 Å². The average Bonchev–Trinajstić information content (AvgIpc) is 2.17. The van der Waals surface area contributed by atoms with E-state index in [1.54, 1.807) is 0 Å². The zero-order valence-corrected chi connectivity index (χ0v) is 8.54. The fraction of sp³-hybridized carbons (Fsp3) is 1.00. The van der Waals surface area contributed by atoms with Crippen LogP contribution in [-0.2, 0) is 4.74 Å². The van der Waals surface area contributed by atoms with Gasteiger partial charge in [0.05, 0.1) is 13.2 Å². The Bertz CT molecular complexity index is 128. The second-order valence-electron chi connectivity index (χ2n) is 3.57. The molecule has 0 amide bonds. The largest absolute Gasteiger partial charge is 0.395 e. The highest BCUT2D eigenvalue weighted by molar-refractivity contribution is 4.76. The average molecular weight is 187 g/mol. The van der Waals surface area contributed by atoms with Crippen LogP contribution in [0.5, 0.6) is 0 Å². The Morgan fingerprint density at radius 1 is 1.46 bits per heavy atom. The van der Waals surface area contributed by atoms with Crippen molar-refractivity contribution in [1.29, 1.82) is 0 Å². The minimum Gasteiger partial charge on any atom is -0.395 e. The molecular formula is C10H21NO2. The van der Waals surface area contributed by atoms with Crippen molar-refractivity contribution in [2.24, 2.45) is 0 Å². The number of aliphatic hydroxyl groups excluding tert-OH is 1. The molecule has 1 unspecified atom stereocenters. The summed E-state index contributed by atoms with van der Waals surface area (Å²) in [5.74, 6) is 0. The summed E-state index contributed by atoms with van der Waals surface area (Å²) in [6.07, 6.45) is 3.79. The summed E-state index contributed by atoms with van der Waals surface area (Å²) in [6, 6.07) is 0.542. The van der Waals surface area contributed by atoms with E-state index in [0.29, 0.717) is 6.04 Å². The van der Waals surface area contributed by atoms with E-state index in [4.69, 9.17) is 9.84 Å². The Kier molecular flexibility index (Phi) is 5.35. The van der Waals surface area contributed by atoms with Gasteiger partial charge in [0.2, 0.25) is 0 Å². The van der Waals surface area contributed by atoms with Gasteiger partial charge in [-0.05, 0) is 26.3 Å². The molecule has 0 aromatic carbocycles. The summed E-state index contributed by atoms with van der Waals surface area (Å²) in [7, 11) is 0. The van der Waals surface area contributed by atoms with Gasteiger partial charge in [0.25, 0.3) is 0 Å². The van der Waals surface area contributed by atoms with Crippen molar-refractivity contribution in [3.8, 4) is 0 Å². The van der Waals surface area contributed by atoms with Crippen molar-refractivity contribution in [2.75, 3.05) is 32.9 Å². The third-order valence-corrected chi connectivity index (χ3v) is 2.65. The number of ether oxygens (including phenoxy) is 1. The van der Waals surface area contributed by atoms with Crippen LogP contribution >= 0.6 is 0 Å². The quantitative estimate of drug-likeness (QED) is 0.693. The predicted molar refractivity (Wildman–Crippen MR) is 52.8 cm³/mol. The number of β-amino-alcohol motifs (C(OH)–C–C–N with tert-alkyl or cyclic N) is 1. The van der Waals surface area contributed by atoms with Gasteiger partial charge >= 0.3 is 0 Å². The molecule has 1 fully saturated rings. The molecule has 0 aromatic rings. The van der Waals surface area contributed by atoms with Gasteiger partial charge in [-0.3, -0.25) is 4.90 Å². The van der Waals surface area contributed by atoms with E-state index in [2.05, 4.69) is 4.90 Å². The lowest BCUT2D eigenvalue weighted by Gasteiger charge is -2.34. The minimum absolute atomic E-state index is 0.266. The molecule has 0 saturated carbocycles. The summed E-state index contributed by atoms with van der Waals surface area (Å²) in [4.78, 5) is 2.35. The number of likely N-dealkylation sites (tertiary alicyclic amines) is 1. The van der Waals surface area contributed by atoms with Crippen molar-refractivity contribution in [3.05, 3.63) is 0 Å². The number of aliphatic hydroxyl groups is 1. The third-order valence-electron chi connectivity index (χ3n) is 2.65. The SMILES string of the molecule is CCOCC1CCCCN1CCO. The van der Waals surface area contributed by atoms with Crippen LogP contribution in [0.3, 0.4) is 0 Å². The lowest BCUT2D eigenvalue weighted by atomic mass is 10.0. The zero-order valence-electron chi connectivity index (χ0n) is 8.54. The maximum absolute atomic E-state index is 8.88. The van der Waals surface area contributed by atoms with Crippen molar-refractivity contribution >= 4 is 0 Å². The maximum Gasteiger partial charge on any atom is 0.0621 e. The number of rotatable bonds is 5. The lowest BCUT2D eigenvalue weighted by Crippen LogP contribution is -2.43. The highest BCUT2D eigenvalue weighted by Gasteiger charge is 2.21. The molecule has 1 rings (SSSR count). The second kappa shape index (κ2) is 6.35. The van der Waals surface area contributed by atoms with Crippen LogP contribution in [0.2, 0.25) is 0 Å². The molecule has 78 valence electrons. The Morgan fingerprint density at radius 2 is 2.31 bits per heavy atom. The van der Waals surface area contributed by atoms with Gasteiger partial charge in [-0.15, -0.1) is 0 Å². The van der Waals surface area contributed by atoms with Crippen LogP contribution in [0, 0.1) is 0 Å². The molecule has 13 heavy (non-hydrogen) atoms. The molecule has 0 aliphatic carbocycles. The number of hydrogen-bond acceptors (Lipinski definition) is 3. The first-order valence-electron chi connectivity index (χ1n) is 5.31. The van der Waals surface area contributed by atoms with Crippen LogP contribution in [0.25, 0.3) is 0 Å². The lowest BCUT2D eigenvalue weighted by molar-refractivity contribution is 0.0370. The van der Waals surface area contributed by atoms with E-state index >= 15 is 0 Å². The highest BCUT2D eigenvalue weighted by atomic mass is 16.5. The first kappa shape index (κ1) is 11.0. The Morgan fingerprint density at radius 3 is 3.00 bits per heavy atom. The normalized spacial score (nSPS) is 24.9. The number of hydrogen-bond donors (Lipinski definition) is 1. The van der Waals surface area contributed by atoms with E-state index in [-0.39, 0.29) is 6.61 Å². The first-order valence-corrected chi connectivity index (χ1v) is 5.31. The fourth-order valence-electron chi connectivity index (χ4n) is 1.93. The van der Waals surface area contributed by atoms with Crippen LogP contribution in [0.4, 0.5) is 0 Å². The smallest absolute Gasteiger partial charge is 0.0621 e. The molecule has 0 spiro atoms. The Balaban J connectivity index is 2.28. The molecule has 3 nitrogen and oxygen atoms in total. The fourth-order valence-corrected chi connectivity index (χ4v) is 1.93. The molecular weight excluding hydrogens is 166 g/mol. The molecule has 1 aliphatic heterocycles. The van der Waals surface area contributed by atoms with Gasteiger partial charge < -0.3 is 9.84 Å². The number of piperidine rings is 1. The van der Waals surface area contributed by atoms with Gasteiger partial charge in [-0.2, -0.15) is 0 Å². The molecule has 0 aromatic heterocycles. The van der Waals surface area contributed by atoms with Crippen LogP contribution < -0.4 is 0 Å². The Labute approximate surface area is 80.7 Å². The zero-order chi connectivity index (χ0) is 9.52. The summed E-state index contributed by atoms with van der Waals surface area (Å²) in [5.41, 5.74) is 0. The summed E-state index contributed by atoms with van der Waals surface area (Å²) in [6.45, 7) is 5.85. The highest BCUT2D eigenvalue weighted by Crippen LogP contribution is 2.16. The van der Waals surface area contributed by atoms with Gasteiger partial charge in [0, 0.05) is 19.2 Å². The minimum atomic E-state index is 0.266. The molecule has 1 heterocycles. The van der Waals surface area contributed by atoms with E-state index in [1.807, 2.05) is 6.92 Å². The molecule has 1 aliphatic rings. The van der Waals surface area contributed by atoms with Crippen LogP contribution in [0.1, 0.15) is 26.2 Å². The van der Waals surface area contributed by atoms with E-state index < -0.39 is 0 Å².